The van der Waals surface area contributed by atoms with Gasteiger partial charge in [-0.15, -0.1) is 0 Å². The fourth-order valence-electron chi connectivity index (χ4n) is 1.80. The predicted octanol–water partition coefficient (Wildman–Crippen LogP) is 2.74. The minimum atomic E-state index is 0.688. The van der Waals surface area contributed by atoms with Crippen molar-refractivity contribution >= 4 is 33.5 Å². The monoisotopic (exact) mass is 301 g/mol. The fourth-order valence-corrected chi connectivity index (χ4v) is 3.22. The van der Waals surface area contributed by atoms with Crippen LogP contribution < -0.4 is 4.90 Å². The Morgan fingerprint density at radius 2 is 2.38 bits per heavy atom. The molecule has 1 atom stereocenters. The van der Waals surface area contributed by atoms with Crippen LogP contribution in [-0.2, 0) is 6.42 Å². The molecule has 1 saturated heterocycles. The normalized spacial score (nSPS) is 21.2. The van der Waals surface area contributed by atoms with E-state index in [1.54, 1.807) is 0 Å². The third-order valence-electron chi connectivity index (χ3n) is 2.61. The van der Waals surface area contributed by atoms with Crippen LogP contribution in [-0.4, -0.2) is 34.1 Å². The second-order valence-corrected chi connectivity index (χ2v) is 6.30. The molecular formula is C11H16BrN3S. The van der Waals surface area contributed by atoms with E-state index in [-0.39, 0.29) is 0 Å². The largest absolute Gasteiger partial charge is 0.355 e. The van der Waals surface area contributed by atoms with Gasteiger partial charge in [-0.1, -0.05) is 13.8 Å². The van der Waals surface area contributed by atoms with Crippen LogP contribution in [0.2, 0.25) is 0 Å². The first-order valence-corrected chi connectivity index (χ1v) is 7.43. The number of anilines is 1. The highest BCUT2D eigenvalue weighted by Crippen LogP contribution is 2.24. The molecule has 0 aliphatic carbocycles. The zero-order chi connectivity index (χ0) is 11.5. The molecule has 3 nitrogen and oxygen atoms in total. The molecule has 1 aliphatic rings. The molecule has 1 aromatic heterocycles. The lowest BCUT2D eigenvalue weighted by Gasteiger charge is -2.31. The van der Waals surface area contributed by atoms with Crippen LogP contribution in [0.3, 0.4) is 0 Å². The number of thioether (sulfide) groups is 1. The van der Waals surface area contributed by atoms with E-state index in [0.29, 0.717) is 5.25 Å². The van der Waals surface area contributed by atoms with E-state index in [1.165, 1.54) is 5.75 Å². The summed E-state index contributed by atoms with van der Waals surface area (Å²) in [7, 11) is 0. The maximum absolute atomic E-state index is 4.59. The molecule has 88 valence electrons. The van der Waals surface area contributed by atoms with Crippen LogP contribution in [0.5, 0.6) is 0 Å². The highest BCUT2D eigenvalue weighted by Gasteiger charge is 2.18. The van der Waals surface area contributed by atoms with Crippen molar-refractivity contribution in [1.82, 2.24) is 9.97 Å². The molecule has 1 aromatic rings. The van der Waals surface area contributed by atoms with Crippen LogP contribution in [0.1, 0.15) is 19.7 Å². The average molecular weight is 302 g/mol. The second-order valence-electron chi connectivity index (χ2n) is 3.95. The van der Waals surface area contributed by atoms with Gasteiger partial charge in [-0.25, -0.2) is 9.97 Å². The minimum absolute atomic E-state index is 0.688. The Morgan fingerprint density at radius 3 is 3.06 bits per heavy atom. The van der Waals surface area contributed by atoms with Crippen LogP contribution in [0.25, 0.3) is 0 Å². The maximum atomic E-state index is 4.59. The van der Waals surface area contributed by atoms with Crippen molar-refractivity contribution in [3.8, 4) is 0 Å². The fraction of sp³-hybridized carbons (Fsp3) is 0.636. The Hall–Kier alpha value is -0.290. The molecule has 0 radical (unpaired) electrons. The van der Waals surface area contributed by atoms with E-state index < -0.39 is 0 Å². The number of halogens is 1. The van der Waals surface area contributed by atoms with Crippen molar-refractivity contribution in [2.45, 2.75) is 25.5 Å². The van der Waals surface area contributed by atoms with Gasteiger partial charge in [0.2, 0.25) is 0 Å². The Morgan fingerprint density at radius 1 is 1.56 bits per heavy atom. The summed E-state index contributed by atoms with van der Waals surface area (Å²) in [6.45, 7) is 6.52. The predicted molar refractivity (Wildman–Crippen MR) is 73.2 cm³/mol. The lowest BCUT2D eigenvalue weighted by atomic mass is 10.3. The Bertz CT molecular complexity index is 372. The smallest absolute Gasteiger partial charge is 0.133 e. The first kappa shape index (κ1) is 12.2. The number of aryl methyl sites for hydroxylation is 1. The third kappa shape index (κ3) is 2.88. The van der Waals surface area contributed by atoms with Crippen molar-refractivity contribution in [2.75, 3.05) is 23.7 Å². The van der Waals surface area contributed by atoms with Gasteiger partial charge in [0.05, 0.1) is 0 Å². The number of nitrogens with zero attached hydrogens (tertiary/aromatic N) is 3. The van der Waals surface area contributed by atoms with Gasteiger partial charge in [0.25, 0.3) is 0 Å². The number of aromatic nitrogens is 2. The Balaban J connectivity index is 2.21. The molecule has 2 rings (SSSR count). The van der Waals surface area contributed by atoms with Crippen LogP contribution in [0.15, 0.2) is 10.7 Å². The van der Waals surface area contributed by atoms with Gasteiger partial charge >= 0.3 is 0 Å². The standard InChI is InChI=1S/C11H16BrN3S/c1-3-10-13-9(12)6-11(14-10)15-4-5-16-8(2)7-15/h6,8H,3-5,7H2,1-2H3. The molecule has 1 aliphatic heterocycles. The van der Waals surface area contributed by atoms with Crippen LogP contribution >= 0.6 is 27.7 Å². The zero-order valence-corrected chi connectivity index (χ0v) is 12.0. The molecular weight excluding hydrogens is 286 g/mol. The van der Waals surface area contributed by atoms with Gasteiger partial charge < -0.3 is 4.90 Å². The molecule has 0 bridgehead atoms. The van der Waals surface area contributed by atoms with Crippen molar-refractivity contribution in [2.24, 2.45) is 0 Å². The molecule has 16 heavy (non-hydrogen) atoms. The van der Waals surface area contributed by atoms with Crippen molar-refractivity contribution < 1.29 is 0 Å². The van der Waals surface area contributed by atoms with Gasteiger partial charge in [0.15, 0.2) is 0 Å². The lowest BCUT2D eigenvalue weighted by molar-refractivity contribution is 0.759. The first-order valence-electron chi connectivity index (χ1n) is 5.59. The second kappa shape index (κ2) is 5.36. The summed E-state index contributed by atoms with van der Waals surface area (Å²) < 4.78 is 0.889. The van der Waals surface area contributed by atoms with E-state index in [4.69, 9.17) is 0 Å². The van der Waals surface area contributed by atoms with Crippen molar-refractivity contribution in [3.05, 3.63) is 16.5 Å². The topological polar surface area (TPSA) is 29.0 Å². The van der Waals surface area contributed by atoms with E-state index in [1.807, 2.05) is 17.8 Å². The van der Waals surface area contributed by atoms with E-state index in [0.717, 1.165) is 35.8 Å². The zero-order valence-electron chi connectivity index (χ0n) is 9.61. The molecule has 0 N–H and O–H groups in total. The number of rotatable bonds is 2. The van der Waals surface area contributed by atoms with Crippen LogP contribution in [0, 0.1) is 0 Å². The first-order chi connectivity index (χ1) is 7.69. The lowest BCUT2D eigenvalue weighted by Crippen LogP contribution is -2.37. The number of hydrogen-bond acceptors (Lipinski definition) is 4. The molecule has 0 amide bonds. The highest BCUT2D eigenvalue weighted by molar-refractivity contribution is 9.10. The van der Waals surface area contributed by atoms with Gasteiger partial charge in [-0.3, -0.25) is 0 Å². The number of hydrogen-bond donors (Lipinski definition) is 0. The summed E-state index contributed by atoms with van der Waals surface area (Å²) in [5, 5.41) is 0.688. The van der Waals surface area contributed by atoms with Gasteiger partial charge in [0, 0.05) is 36.6 Å². The average Bonchev–Trinajstić information content (AvgIpc) is 2.28. The highest BCUT2D eigenvalue weighted by atomic mass is 79.9. The SMILES string of the molecule is CCc1nc(Br)cc(N2CCSC(C)C2)n1. The van der Waals surface area contributed by atoms with Gasteiger partial charge in [-0.2, -0.15) is 11.8 Å². The summed E-state index contributed by atoms with van der Waals surface area (Å²) in [5.41, 5.74) is 0. The van der Waals surface area contributed by atoms with Gasteiger partial charge in [0.1, 0.15) is 16.2 Å². The van der Waals surface area contributed by atoms with E-state index in [2.05, 4.69) is 44.6 Å². The summed E-state index contributed by atoms with van der Waals surface area (Å²) in [6.07, 6.45) is 0.880. The molecule has 5 heteroatoms. The molecule has 0 spiro atoms. The third-order valence-corrected chi connectivity index (χ3v) is 4.15. The van der Waals surface area contributed by atoms with Crippen molar-refractivity contribution in [3.63, 3.8) is 0 Å². The Kier molecular flexibility index (Phi) is 4.08. The summed E-state index contributed by atoms with van der Waals surface area (Å²) in [5.74, 6) is 3.16. The molecule has 2 heterocycles. The molecule has 0 aromatic carbocycles. The molecule has 0 saturated carbocycles. The quantitative estimate of drug-likeness (QED) is 0.786. The van der Waals surface area contributed by atoms with Crippen LogP contribution in [0.4, 0.5) is 5.82 Å². The van der Waals surface area contributed by atoms with E-state index in [9.17, 15) is 0 Å². The van der Waals surface area contributed by atoms with E-state index >= 15 is 0 Å². The molecule has 1 fully saturated rings. The summed E-state index contributed by atoms with van der Waals surface area (Å²) in [4.78, 5) is 11.3. The maximum Gasteiger partial charge on any atom is 0.133 e. The summed E-state index contributed by atoms with van der Waals surface area (Å²) >= 11 is 5.49. The van der Waals surface area contributed by atoms with Gasteiger partial charge in [-0.05, 0) is 15.9 Å². The Labute approximate surface area is 109 Å². The summed E-state index contributed by atoms with van der Waals surface area (Å²) in [6, 6.07) is 2.02. The molecule has 1 unspecified atom stereocenters. The minimum Gasteiger partial charge on any atom is -0.355 e. The van der Waals surface area contributed by atoms with Crippen molar-refractivity contribution in [1.29, 1.82) is 0 Å².